The molecule has 0 bridgehead atoms. The Balaban J connectivity index is 0.00000225. The largest absolute Gasteiger partial charge is 0.497 e. The molecule has 48 heavy (non-hydrogen) atoms. The van der Waals surface area contributed by atoms with Gasteiger partial charge in [-0.05, 0) is 64.8 Å². The molecule has 0 aliphatic heterocycles. The summed E-state index contributed by atoms with van der Waals surface area (Å²) in [5, 5.41) is 14.2. The number of Topliss-reactive ketones (excluding diaryl/α,β-unsaturated/α-hetero) is 1. The second-order valence-electron chi connectivity index (χ2n) is 11.4. The van der Waals surface area contributed by atoms with Gasteiger partial charge in [0.15, 0.2) is 0 Å². The van der Waals surface area contributed by atoms with Gasteiger partial charge in [0, 0.05) is 17.5 Å². The Morgan fingerprint density at radius 2 is 1.31 bits per heavy atom. The smallest absolute Gasteiger partial charge is 0.137 e. The number of nitrogens with zero attached hydrogens (tertiary/aromatic N) is 2. The van der Waals surface area contributed by atoms with E-state index >= 15 is 0 Å². The minimum Gasteiger partial charge on any atom is -0.497 e. The van der Waals surface area contributed by atoms with E-state index in [2.05, 4.69) is 57.3 Å². The van der Waals surface area contributed by atoms with Gasteiger partial charge in [0.25, 0.3) is 0 Å². The number of aryl methyl sites for hydroxylation is 1. The molecule has 1 unspecified atom stereocenters. The van der Waals surface area contributed by atoms with Crippen molar-refractivity contribution in [2.75, 3.05) is 7.11 Å². The molecule has 0 saturated carbocycles. The van der Waals surface area contributed by atoms with E-state index in [1.54, 1.807) is 7.11 Å². The van der Waals surface area contributed by atoms with E-state index in [9.17, 15) is 10.1 Å². The SMILES string of the molecule is CC.CC.CC(C)C.CCCc1ccc(C(CC(=O)[C@H](Cc2ccc(OC)cc2)[N-]C#N)(c2ccccc2)c2ccccc2Cl)cc1.[Fm]. The fraction of sp³-hybridized carbons (Fsp3) is 0.381. The van der Waals surface area contributed by atoms with Gasteiger partial charge in [-0.25, -0.2) is 0 Å². The van der Waals surface area contributed by atoms with Gasteiger partial charge in [-0.3, -0.25) is 4.79 Å². The first-order valence-electron chi connectivity index (χ1n) is 16.9. The summed E-state index contributed by atoms with van der Waals surface area (Å²) in [6.07, 6.45) is 4.33. The molecule has 0 N–H and O–H groups in total. The normalized spacial score (nSPS) is 11.6. The van der Waals surface area contributed by atoms with Crippen LogP contribution >= 0.6 is 11.6 Å². The molecule has 4 aromatic rings. The fourth-order valence-electron chi connectivity index (χ4n) is 5.22. The van der Waals surface area contributed by atoms with E-state index in [4.69, 9.17) is 16.3 Å². The number of benzene rings is 4. The first kappa shape index (κ1) is 42.9. The summed E-state index contributed by atoms with van der Waals surface area (Å²) >= 11 is 6.87. The molecule has 4 nitrogen and oxygen atoms in total. The molecule has 0 heterocycles. The molecule has 6 heteroatoms. The van der Waals surface area contributed by atoms with Gasteiger partial charge < -0.3 is 15.3 Å². The van der Waals surface area contributed by atoms with Crippen LogP contribution in [0.3, 0.4) is 0 Å². The number of carbonyl (C=O) groups is 1. The molecular formula is C42H54ClFmN2O2-. The van der Waals surface area contributed by atoms with Crippen LogP contribution in [0.4, 0.5) is 0 Å². The van der Waals surface area contributed by atoms with Crippen molar-refractivity contribution in [2.45, 2.75) is 92.5 Å². The number of halogens is 1. The Bertz CT molecular complexity index is 1470. The van der Waals surface area contributed by atoms with E-state index in [1.165, 1.54) is 5.56 Å². The summed E-state index contributed by atoms with van der Waals surface area (Å²) in [6.45, 7) is 16.7. The minimum absolute atomic E-state index is 0. The Labute approximate surface area is 290 Å². The van der Waals surface area contributed by atoms with E-state index in [-0.39, 0.29) is 12.2 Å². The number of ether oxygens (including phenoxy) is 1. The van der Waals surface area contributed by atoms with E-state index in [1.807, 2.05) is 113 Å². The molecule has 0 spiro atoms. The topological polar surface area (TPSA) is 64.2 Å². The number of hydrogen-bond donors (Lipinski definition) is 0. The van der Waals surface area contributed by atoms with Crippen LogP contribution in [0.15, 0.2) is 103 Å². The molecule has 2 atom stereocenters. The second kappa shape index (κ2) is 23.3. The van der Waals surface area contributed by atoms with Gasteiger partial charge >= 0.3 is 0 Å². The van der Waals surface area contributed by atoms with E-state index in [0.29, 0.717) is 11.4 Å². The van der Waals surface area contributed by atoms with Crippen molar-refractivity contribution in [2.24, 2.45) is 5.92 Å². The molecule has 4 aromatic carbocycles. The molecule has 0 radical (unpaired) electrons. The zero-order valence-corrected chi connectivity index (χ0v) is 33.3. The van der Waals surface area contributed by atoms with Crippen molar-refractivity contribution >= 4 is 17.4 Å². The average molecular weight is 911 g/mol. The molecule has 0 aliphatic carbocycles. The van der Waals surface area contributed by atoms with Crippen molar-refractivity contribution in [3.8, 4) is 11.9 Å². The number of hydrogen-bond acceptors (Lipinski definition) is 3. The molecule has 4 rings (SSSR count). The minimum atomic E-state index is -0.870. The molecule has 0 aliphatic rings. The summed E-state index contributed by atoms with van der Waals surface area (Å²) in [5.74, 6) is 1.43. The molecule has 264 valence electrons. The third kappa shape index (κ3) is 12.3. The van der Waals surface area contributed by atoms with Crippen LogP contribution in [-0.4, -0.2) is 18.9 Å². The maximum atomic E-state index is 14.2. The average Bonchev–Trinajstić information content (AvgIpc) is 3.10. The van der Waals surface area contributed by atoms with Crippen LogP contribution in [0.5, 0.6) is 5.75 Å². The number of rotatable bonds is 12. The van der Waals surface area contributed by atoms with Gasteiger partial charge in [-0.15, -0.1) is 0 Å². The predicted molar refractivity (Wildman–Crippen MR) is 201 cm³/mol. The summed E-state index contributed by atoms with van der Waals surface area (Å²) in [4.78, 5) is 14.2. The fourth-order valence-corrected chi connectivity index (χ4v) is 5.51. The Morgan fingerprint density at radius 1 is 0.812 bits per heavy atom. The van der Waals surface area contributed by atoms with Crippen molar-refractivity contribution in [1.82, 2.24) is 0 Å². The standard InChI is InChI=1S/C34H32ClN2O2.C4H10.2C2H6.Fm/c1-3-9-25-14-18-28(19-15-25)34(27-10-5-4-6-11-27,30-12-7-8-13-31(30)35)23-33(38)32(37-24-36)22-26-16-20-29(39-2)21-17-26;1-4(2)3;2*1-2;/h4-8,10-21,32H,3,9,22-23H2,1-2H3;4H,1-3H3;2*1-2H3;/q-1;;;;/t32-,34?;;;;/m0..../s1. The predicted octanol–water partition coefficient (Wildman–Crippen LogP) is 11.8. The van der Waals surface area contributed by atoms with Gasteiger partial charge in [-0.1, -0.05) is 165 Å². The summed E-state index contributed by atoms with van der Waals surface area (Å²) in [5.41, 5.74) is 4.04. The van der Waals surface area contributed by atoms with Crippen molar-refractivity contribution in [1.29, 1.82) is 5.26 Å². The Kier molecular flexibility index (Phi) is 20.8. The van der Waals surface area contributed by atoms with Crippen LogP contribution in [0.2, 0.25) is 5.02 Å². The molecule has 0 amide bonds. The number of nitriles is 1. The van der Waals surface area contributed by atoms with Crippen molar-refractivity contribution < 1.29 is 9.53 Å². The Morgan fingerprint density at radius 3 is 1.81 bits per heavy atom. The first-order chi connectivity index (χ1) is 22.7. The monoisotopic (exact) mass is 910 g/mol. The van der Waals surface area contributed by atoms with Crippen molar-refractivity contribution in [3.63, 3.8) is 0 Å². The molecule has 0 aromatic heterocycles. The molecular weight excluding hydrogens is 857 g/mol. The van der Waals surface area contributed by atoms with Crippen LogP contribution in [0.25, 0.3) is 5.32 Å². The zero-order chi connectivity index (χ0) is 35.2. The van der Waals surface area contributed by atoms with E-state index in [0.717, 1.165) is 46.8 Å². The van der Waals surface area contributed by atoms with Gasteiger partial charge in [0.2, 0.25) is 0 Å². The molecule has 0 saturated heterocycles. The van der Waals surface area contributed by atoms with Gasteiger partial charge in [0.1, 0.15) is 11.5 Å². The third-order valence-corrected chi connectivity index (χ3v) is 7.53. The van der Waals surface area contributed by atoms with Crippen molar-refractivity contribution in [3.05, 3.63) is 141 Å². The maximum absolute atomic E-state index is 14.2. The van der Waals surface area contributed by atoms with Crippen LogP contribution in [-0.2, 0) is 23.1 Å². The number of ketones is 1. The second-order valence-corrected chi connectivity index (χ2v) is 11.8. The summed E-state index contributed by atoms with van der Waals surface area (Å²) in [7, 11) is 1.61. The van der Waals surface area contributed by atoms with Crippen LogP contribution < -0.4 is 4.74 Å². The number of methoxy groups -OCH3 is 1. The van der Waals surface area contributed by atoms with Gasteiger partial charge in [0.05, 0.1) is 12.5 Å². The summed E-state index contributed by atoms with van der Waals surface area (Å²) < 4.78 is 5.26. The Hall–Kier alpha value is -5.07. The molecule has 0 fully saturated rings. The van der Waals surface area contributed by atoms with E-state index < -0.39 is 11.5 Å². The van der Waals surface area contributed by atoms with Gasteiger partial charge in [-0.2, -0.15) is 0 Å². The van der Waals surface area contributed by atoms with Crippen LogP contribution in [0, 0.1) is 17.4 Å². The quantitative estimate of drug-likeness (QED) is 0.105. The zero-order valence-electron chi connectivity index (χ0n) is 30.2. The number of carbonyl (C=O) groups excluding carboxylic acids is 1. The third-order valence-electron chi connectivity index (χ3n) is 7.20. The van der Waals surface area contributed by atoms with Crippen LogP contribution in [0.1, 0.15) is 96.0 Å². The first-order valence-corrected chi connectivity index (χ1v) is 17.3. The maximum Gasteiger partial charge on any atom is 0.137 e. The summed E-state index contributed by atoms with van der Waals surface area (Å²) in [6, 6.07) is 32.8.